The summed E-state index contributed by atoms with van der Waals surface area (Å²) in [4.78, 5) is 15.9. The second kappa shape index (κ2) is 5.90. The summed E-state index contributed by atoms with van der Waals surface area (Å²) < 4.78 is 0. The van der Waals surface area contributed by atoms with Crippen molar-refractivity contribution in [3.63, 3.8) is 0 Å². The van der Waals surface area contributed by atoms with Crippen molar-refractivity contribution in [2.75, 3.05) is 12.8 Å². The molecule has 1 aromatic carbocycles. The largest absolute Gasteiger partial charge is 0.399 e. The molecule has 0 radical (unpaired) electrons. The third-order valence-corrected chi connectivity index (χ3v) is 5.07. The average Bonchev–Trinajstić information content (AvgIpc) is 2.99. The van der Waals surface area contributed by atoms with Crippen LogP contribution in [0.2, 0.25) is 0 Å². The summed E-state index contributed by atoms with van der Waals surface area (Å²) in [5, 5.41) is 2.04. The van der Waals surface area contributed by atoms with Crippen molar-refractivity contribution in [3.8, 4) is 0 Å². The first-order valence-electron chi connectivity index (χ1n) is 7.00. The molecule has 21 heavy (non-hydrogen) atoms. The lowest BCUT2D eigenvalue weighted by atomic mass is 9.83. The molecule has 0 spiro atoms. The molecule has 112 valence electrons. The van der Waals surface area contributed by atoms with Crippen LogP contribution in [0.4, 0.5) is 5.69 Å². The maximum atomic E-state index is 12.9. The van der Waals surface area contributed by atoms with Gasteiger partial charge in [0.05, 0.1) is 11.5 Å². The van der Waals surface area contributed by atoms with Crippen molar-refractivity contribution in [3.05, 3.63) is 52.2 Å². The third kappa shape index (κ3) is 3.10. The van der Waals surface area contributed by atoms with E-state index in [2.05, 4.69) is 13.0 Å². The van der Waals surface area contributed by atoms with Crippen molar-refractivity contribution >= 4 is 22.9 Å². The minimum atomic E-state index is -0.575. The van der Waals surface area contributed by atoms with Crippen LogP contribution < -0.4 is 5.73 Å². The van der Waals surface area contributed by atoms with Crippen LogP contribution >= 0.6 is 11.3 Å². The second-order valence-electron chi connectivity index (χ2n) is 5.85. The van der Waals surface area contributed by atoms with E-state index in [9.17, 15) is 4.79 Å². The van der Waals surface area contributed by atoms with Gasteiger partial charge in [-0.2, -0.15) is 0 Å². The van der Waals surface area contributed by atoms with Crippen LogP contribution in [0.15, 0.2) is 41.8 Å². The topological polar surface area (TPSA) is 46.3 Å². The normalized spacial score (nSPS) is 13.0. The Labute approximate surface area is 130 Å². The third-order valence-electron chi connectivity index (χ3n) is 4.02. The molecule has 0 bridgehead atoms. The fourth-order valence-electron chi connectivity index (χ4n) is 2.36. The summed E-state index contributed by atoms with van der Waals surface area (Å²) in [6, 6.07) is 11.7. The summed E-state index contributed by atoms with van der Waals surface area (Å²) >= 11 is 1.67. The number of benzene rings is 1. The first kappa shape index (κ1) is 15.6. The van der Waals surface area contributed by atoms with Gasteiger partial charge in [0.25, 0.3) is 0 Å². The number of carbonyl (C=O) groups excluding carboxylic acids is 1. The van der Waals surface area contributed by atoms with E-state index in [1.165, 1.54) is 4.88 Å². The smallest absolute Gasteiger partial charge is 0.232 e. The van der Waals surface area contributed by atoms with E-state index in [-0.39, 0.29) is 11.9 Å². The molecule has 2 rings (SSSR count). The molecule has 4 heteroatoms. The lowest BCUT2D eigenvalue weighted by molar-refractivity contribution is -0.136. The zero-order chi connectivity index (χ0) is 15.6. The second-order valence-corrected chi connectivity index (χ2v) is 6.83. The summed E-state index contributed by atoms with van der Waals surface area (Å²) in [5.74, 6) is 0.105. The predicted molar refractivity (Wildman–Crippen MR) is 89.4 cm³/mol. The maximum absolute atomic E-state index is 12.9. The Hall–Kier alpha value is -1.81. The number of hydrogen-bond donors (Lipinski definition) is 1. The van der Waals surface area contributed by atoms with E-state index in [0.717, 1.165) is 5.56 Å². The fraction of sp³-hybridized carbons (Fsp3) is 0.353. The van der Waals surface area contributed by atoms with Crippen LogP contribution in [0, 0.1) is 0 Å². The number of likely N-dealkylation sites (N-methyl/N-ethyl adjacent to an activating group) is 1. The van der Waals surface area contributed by atoms with Gasteiger partial charge in [-0.15, -0.1) is 11.3 Å². The molecule has 1 aromatic heterocycles. The molecule has 2 N–H and O–H groups in total. The minimum absolute atomic E-state index is 0.0746. The highest BCUT2D eigenvalue weighted by Gasteiger charge is 2.34. The number of amides is 1. The number of carbonyl (C=O) groups is 1. The van der Waals surface area contributed by atoms with E-state index >= 15 is 0 Å². The van der Waals surface area contributed by atoms with Crippen LogP contribution in [-0.4, -0.2) is 17.9 Å². The van der Waals surface area contributed by atoms with Crippen LogP contribution in [0.1, 0.15) is 37.3 Å². The monoisotopic (exact) mass is 302 g/mol. The van der Waals surface area contributed by atoms with Gasteiger partial charge in [0.2, 0.25) is 5.91 Å². The molecular weight excluding hydrogens is 280 g/mol. The molecule has 0 aliphatic heterocycles. The van der Waals surface area contributed by atoms with Gasteiger partial charge >= 0.3 is 0 Å². The van der Waals surface area contributed by atoms with Crippen LogP contribution in [0.3, 0.4) is 0 Å². The zero-order valence-electron chi connectivity index (χ0n) is 13.0. The van der Waals surface area contributed by atoms with E-state index < -0.39 is 5.41 Å². The van der Waals surface area contributed by atoms with Gasteiger partial charge in [-0.05, 0) is 49.9 Å². The summed E-state index contributed by atoms with van der Waals surface area (Å²) in [5.41, 5.74) is 6.84. The average molecular weight is 302 g/mol. The van der Waals surface area contributed by atoms with Crippen LogP contribution in [0.25, 0.3) is 0 Å². The number of nitrogen functional groups attached to an aromatic ring is 1. The van der Waals surface area contributed by atoms with Crippen molar-refractivity contribution in [2.24, 2.45) is 0 Å². The Bertz CT molecular complexity index is 602. The number of rotatable bonds is 4. The van der Waals surface area contributed by atoms with Gasteiger partial charge in [-0.1, -0.05) is 18.2 Å². The fourth-order valence-corrected chi connectivity index (χ4v) is 3.19. The van der Waals surface area contributed by atoms with Gasteiger partial charge < -0.3 is 10.6 Å². The van der Waals surface area contributed by atoms with Gasteiger partial charge in [-0.3, -0.25) is 4.79 Å². The van der Waals surface area contributed by atoms with Crippen molar-refractivity contribution in [2.45, 2.75) is 32.2 Å². The van der Waals surface area contributed by atoms with Crippen molar-refractivity contribution in [1.82, 2.24) is 4.90 Å². The molecular formula is C17H22N2OS. The number of anilines is 1. The molecule has 0 fully saturated rings. The molecule has 2 aromatic rings. The van der Waals surface area contributed by atoms with Crippen molar-refractivity contribution in [1.29, 1.82) is 0 Å². The SMILES string of the molecule is CC(c1cccs1)N(C)C(=O)C(C)(C)c1ccc(N)cc1. The Morgan fingerprint density at radius 2 is 1.86 bits per heavy atom. The summed E-state index contributed by atoms with van der Waals surface area (Å²) in [7, 11) is 1.87. The number of nitrogens with zero attached hydrogens (tertiary/aromatic N) is 1. The molecule has 0 aliphatic carbocycles. The van der Waals surface area contributed by atoms with Gasteiger partial charge in [-0.25, -0.2) is 0 Å². The molecule has 0 saturated heterocycles. The highest BCUT2D eigenvalue weighted by Crippen LogP contribution is 2.31. The number of thiophene rings is 1. The first-order valence-corrected chi connectivity index (χ1v) is 7.88. The highest BCUT2D eigenvalue weighted by molar-refractivity contribution is 7.10. The molecule has 0 aliphatic rings. The van der Waals surface area contributed by atoms with Gasteiger partial charge in [0.15, 0.2) is 0 Å². The van der Waals surface area contributed by atoms with Crippen molar-refractivity contribution < 1.29 is 4.79 Å². The number of nitrogens with two attached hydrogens (primary N) is 1. The lowest BCUT2D eigenvalue weighted by Gasteiger charge is -2.33. The molecule has 3 nitrogen and oxygen atoms in total. The van der Waals surface area contributed by atoms with Crippen LogP contribution in [0.5, 0.6) is 0 Å². The zero-order valence-corrected chi connectivity index (χ0v) is 13.8. The van der Waals surface area contributed by atoms with E-state index in [4.69, 9.17) is 5.73 Å². The Morgan fingerprint density at radius 3 is 2.38 bits per heavy atom. The Kier molecular flexibility index (Phi) is 4.37. The highest BCUT2D eigenvalue weighted by atomic mass is 32.1. The molecule has 1 amide bonds. The summed E-state index contributed by atoms with van der Waals surface area (Å²) in [6.07, 6.45) is 0. The molecule has 1 unspecified atom stereocenters. The Morgan fingerprint density at radius 1 is 1.24 bits per heavy atom. The molecule has 0 saturated carbocycles. The molecule has 1 atom stereocenters. The van der Waals surface area contributed by atoms with Gasteiger partial charge in [0.1, 0.15) is 0 Å². The standard InChI is InChI=1S/C17H22N2OS/c1-12(15-6-5-11-21-15)19(4)16(20)17(2,3)13-7-9-14(18)10-8-13/h5-12H,18H2,1-4H3. The number of hydrogen-bond acceptors (Lipinski definition) is 3. The minimum Gasteiger partial charge on any atom is -0.399 e. The quantitative estimate of drug-likeness (QED) is 0.873. The van der Waals surface area contributed by atoms with Gasteiger partial charge in [0, 0.05) is 17.6 Å². The molecule has 1 heterocycles. The van der Waals surface area contributed by atoms with Crippen LogP contribution in [-0.2, 0) is 10.2 Å². The van der Waals surface area contributed by atoms with E-state index in [1.807, 2.05) is 61.5 Å². The van der Waals surface area contributed by atoms with E-state index in [1.54, 1.807) is 11.3 Å². The first-order chi connectivity index (χ1) is 9.84. The Balaban J connectivity index is 2.23. The predicted octanol–water partition coefficient (Wildman–Crippen LogP) is 3.83. The summed E-state index contributed by atoms with van der Waals surface area (Å²) in [6.45, 7) is 5.97. The lowest BCUT2D eigenvalue weighted by Crippen LogP contribution is -2.42. The maximum Gasteiger partial charge on any atom is 0.232 e. The van der Waals surface area contributed by atoms with E-state index in [0.29, 0.717) is 5.69 Å².